The van der Waals surface area contributed by atoms with Gasteiger partial charge in [-0.3, -0.25) is 0 Å². The Morgan fingerprint density at radius 3 is 2.33 bits per heavy atom. The second kappa shape index (κ2) is 7.75. The molecule has 0 amide bonds. The van der Waals surface area contributed by atoms with Gasteiger partial charge in [0.1, 0.15) is 5.75 Å². The summed E-state index contributed by atoms with van der Waals surface area (Å²) >= 11 is 3.44. The summed E-state index contributed by atoms with van der Waals surface area (Å²) in [4.78, 5) is 0. The van der Waals surface area contributed by atoms with Gasteiger partial charge in [-0.05, 0) is 30.5 Å². The van der Waals surface area contributed by atoms with Crippen LogP contribution in [0.25, 0.3) is 0 Å². The fraction of sp³-hybridized carbons (Fsp3) is 0.538. The molecule has 0 N–H and O–H groups in total. The average molecular weight is 273 g/mol. The topological polar surface area (TPSA) is 9.23 Å². The Labute approximate surface area is 102 Å². The van der Waals surface area contributed by atoms with E-state index in [9.17, 15) is 0 Å². The molecule has 1 aromatic rings. The van der Waals surface area contributed by atoms with Crippen LogP contribution in [0.4, 0.5) is 0 Å². The molecule has 0 spiro atoms. The lowest BCUT2D eigenvalue weighted by Crippen LogP contribution is -1.97. The van der Waals surface area contributed by atoms with Crippen LogP contribution in [0.15, 0.2) is 22.7 Å². The van der Waals surface area contributed by atoms with Crippen molar-refractivity contribution < 1.29 is 4.74 Å². The highest BCUT2D eigenvalue weighted by atomic mass is 79.9. The van der Waals surface area contributed by atoms with E-state index in [-0.39, 0.29) is 0 Å². The van der Waals surface area contributed by atoms with Gasteiger partial charge in [0, 0.05) is 4.47 Å². The van der Waals surface area contributed by atoms with E-state index in [4.69, 9.17) is 4.74 Å². The van der Waals surface area contributed by atoms with Crippen LogP contribution in [0.5, 0.6) is 5.75 Å². The van der Waals surface area contributed by atoms with Gasteiger partial charge in [0.2, 0.25) is 0 Å². The molecule has 0 bridgehead atoms. The largest absolute Gasteiger partial charge is 0.494 e. The fourth-order valence-corrected chi connectivity index (χ4v) is 1.61. The van der Waals surface area contributed by atoms with Gasteiger partial charge in [-0.1, -0.05) is 49.7 Å². The summed E-state index contributed by atoms with van der Waals surface area (Å²) in [6.45, 7) is 11.1. The summed E-state index contributed by atoms with van der Waals surface area (Å²) in [6, 6.07) is 6.19. The molecule has 15 heavy (non-hydrogen) atoms. The molecule has 2 heteroatoms. The highest BCUT2D eigenvalue weighted by Gasteiger charge is 2.07. The van der Waals surface area contributed by atoms with Crippen molar-refractivity contribution in [2.24, 2.45) is 0 Å². The van der Waals surface area contributed by atoms with Crippen molar-refractivity contribution in [3.05, 3.63) is 28.2 Å². The summed E-state index contributed by atoms with van der Waals surface area (Å²) in [5.41, 5.74) is 1.27. The number of hydrogen-bond donors (Lipinski definition) is 0. The van der Waals surface area contributed by atoms with Gasteiger partial charge in [0.15, 0.2) is 0 Å². The van der Waals surface area contributed by atoms with Gasteiger partial charge in [-0.15, -0.1) is 0 Å². The maximum Gasteiger partial charge on any atom is 0.123 e. The van der Waals surface area contributed by atoms with Crippen LogP contribution in [0.3, 0.4) is 0 Å². The van der Waals surface area contributed by atoms with Crippen LogP contribution in [-0.4, -0.2) is 6.61 Å². The molecule has 86 valence electrons. The summed E-state index contributed by atoms with van der Waals surface area (Å²) in [5.74, 6) is 1.50. The molecule has 0 aliphatic rings. The first kappa shape index (κ1) is 14.5. The van der Waals surface area contributed by atoms with Crippen LogP contribution >= 0.6 is 15.9 Å². The van der Waals surface area contributed by atoms with Crippen molar-refractivity contribution in [1.29, 1.82) is 0 Å². The zero-order valence-electron chi connectivity index (χ0n) is 10.3. The smallest absolute Gasteiger partial charge is 0.123 e. The number of benzene rings is 1. The Balaban J connectivity index is 0.000000921. The minimum absolute atomic E-state index is 0.509. The molecular formula is C13H21BrO. The number of hydrogen-bond acceptors (Lipinski definition) is 1. The minimum Gasteiger partial charge on any atom is -0.494 e. The third kappa shape index (κ3) is 4.70. The molecule has 0 radical (unpaired) electrons. The van der Waals surface area contributed by atoms with Crippen LogP contribution in [0.2, 0.25) is 0 Å². The van der Waals surface area contributed by atoms with Crippen molar-refractivity contribution in [2.75, 3.05) is 6.61 Å². The Bertz CT molecular complexity index is 282. The van der Waals surface area contributed by atoms with Gasteiger partial charge >= 0.3 is 0 Å². The summed E-state index contributed by atoms with van der Waals surface area (Å²) < 4.78 is 6.62. The fourth-order valence-electron chi connectivity index (χ4n) is 1.27. The maximum absolute atomic E-state index is 5.55. The molecule has 0 unspecified atom stereocenters. The van der Waals surface area contributed by atoms with E-state index in [1.54, 1.807) is 0 Å². The van der Waals surface area contributed by atoms with E-state index >= 15 is 0 Å². The monoisotopic (exact) mass is 272 g/mol. The second-order valence-corrected chi connectivity index (χ2v) is 4.19. The zero-order valence-corrected chi connectivity index (χ0v) is 11.9. The molecule has 0 fully saturated rings. The minimum atomic E-state index is 0.509. The van der Waals surface area contributed by atoms with Gasteiger partial charge in [0.25, 0.3) is 0 Å². The van der Waals surface area contributed by atoms with Crippen molar-refractivity contribution in [2.45, 2.75) is 40.5 Å². The second-order valence-electron chi connectivity index (χ2n) is 3.27. The first-order valence-corrected chi connectivity index (χ1v) is 6.36. The molecular weight excluding hydrogens is 252 g/mol. The summed E-state index contributed by atoms with van der Waals surface area (Å²) in [5, 5.41) is 0. The molecule has 1 rings (SSSR count). The standard InChI is InChI=1S/C11H15BrO.C2H6/c1-4-13-11-7-9(12)5-6-10(11)8(2)3;1-2/h5-8H,4H2,1-3H3;1-2H3. The number of halogens is 1. The SMILES string of the molecule is CC.CCOc1cc(Br)ccc1C(C)C. The lowest BCUT2D eigenvalue weighted by atomic mass is 10.0. The first-order chi connectivity index (χ1) is 7.15. The van der Waals surface area contributed by atoms with E-state index in [1.807, 2.05) is 26.8 Å². The van der Waals surface area contributed by atoms with E-state index in [1.165, 1.54) is 5.56 Å². The molecule has 0 atom stereocenters. The van der Waals surface area contributed by atoms with Crippen molar-refractivity contribution >= 4 is 15.9 Å². The molecule has 1 nitrogen and oxygen atoms in total. The number of ether oxygens (including phenoxy) is 1. The number of rotatable bonds is 3. The Morgan fingerprint density at radius 2 is 1.87 bits per heavy atom. The molecule has 0 aliphatic carbocycles. The van der Waals surface area contributed by atoms with Crippen LogP contribution in [-0.2, 0) is 0 Å². The highest BCUT2D eigenvalue weighted by molar-refractivity contribution is 9.10. The normalized spacial score (nSPS) is 9.53. The van der Waals surface area contributed by atoms with E-state index in [0.717, 1.165) is 16.8 Å². The Hall–Kier alpha value is -0.500. The van der Waals surface area contributed by atoms with E-state index < -0.39 is 0 Å². The van der Waals surface area contributed by atoms with Crippen molar-refractivity contribution in [3.8, 4) is 5.75 Å². The lowest BCUT2D eigenvalue weighted by Gasteiger charge is -2.13. The molecule has 0 saturated heterocycles. The molecule has 0 saturated carbocycles. The van der Waals surface area contributed by atoms with E-state index in [0.29, 0.717) is 5.92 Å². The third-order valence-electron chi connectivity index (χ3n) is 1.90. The quantitative estimate of drug-likeness (QED) is 0.753. The van der Waals surface area contributed by atoms with E-state index in [2.05, 4.69) is 41.9 Å². The molecule has 0 aliphatic heterocycles. The van der Waals surface area contributed by atoms with Crippen molar-refractivity contribution in [1.82, 2.24) is 0 Å². The first-order valence-electron chi connectivity index (χ1n) is 5.57. The van der Waals surface area contributed by atoms with Crippen LogP contribution < -0.4 is 4.74 Å². The predicted octanol–water partition coefficient (Wildman–Crippen LogP) is 5.00. The van der Waals surface area contributed by atoms with Crippen LogP contribution in [0, 0.1) is 0 Å². The zero-order chi connectivity index (χ0) is 11.8. The Morgan fingerprint density at radius 1 is 1.27 bits per heavy atom. The lowest BCUT2D eigenvalue weighted by molar-refractivity contribution is 0.335. The third-order valence-corrected chi connectivity index (χ3v) is 2.39. The van der Waals surface area contributed by atoms with Crippen LogP contribution in [0.1, 0.15) is 46.1 Å². The Kier molecular flexibility index (Phi) is 7.49. The van der Waals surface area contributed by atoms with Gasteiger partial charge in [-0.25, -0.2) is 0 Å². The van der Waals surface area contributed by atoms with Crippen molar-refractivity contribution in [3.63, 3.8) is 0 Å². The molecule has 0 heterocycles. The van der Waals surface area contributed by atoms with Gasteiger partial charge < -0.3 is 4.74 Å². The molecule has 1 aromatic carbocycles. The highest BCUT2D eigenvalue weighted by Crippen LogP contribution is 2.29. The van der Waals surface area contributed by atoms with Gasteiger partial charge in [-0.2, -0.15) is 0 Å². The summed E-state index contributed by atoms with van der Waals surface area (Å²) in [6.07, 6.45) is 0. The van der Waals surface area contributed by atoms with Gasteiger partial charge in [0.05, 0.1) is 6.61 Å². The summed E-state index contributed by atoms with van der Waals surface area (Å²) in [7, 11) is 0. The molecule has 0 aromatic heterocycles. The predicted molar refractivity (Wildman–Crippen MR) is 70.7 cm³/mol. The average Bonchev–Trinajstić information content (AvgIpc) is 2.21. The maximum atomic E-state index is 5.55.